The first-order valence-corrected chi connectivity index (χ1v) is 5.86. The van der Waals surface area contributed by atoms with Crippen LogP contribution >= 0.6 is 0 Å². The Kier molecular flexibility index (Phi) is 3.99. The second-order valence-electron chi connectivity index (χ2n) is 4.05. The molecule has 0 saturated heterocycles. The molecule has 2 rings (SSSR count). The molecule has 0 aliphatic heterocycles. The Hall–Kier alpha value is -2.83. The van der Waals surface area contributed by atoms with Crippen molar-refractivity contribution in [1.82, 2.24) is 15.6 Å². The van der Waals surface area contributed by atoms with E-state index >= 15 is 0 Å². The van der Waals surface area contributed by atoms with Crippen LogP contribution in [0.2, 0.25) is 0 Å². The smallest absolute Gasteiger partial charge is 0.289 e. The summed E-state index contributed by atoms with van der Waals surface area (Å²) in [6.45, 7) is 1.55. The van der Waals surface area contributed by atoms with Gasteiger partial charge in [-0.1, -0.05) is 0 Å². The number of rotatable bonds is 4. The average molecular weight is 274 g/mol. The summed E-state index contributed by atoms with van der Waals surface area (Å²) in [6.07, 6.45) is 1.50. The molecule has 7 heteroatoms. The van der Waals surface area contributed by atoms with Crippen molar-refractivity contribution in [2.24, 2.45) is 5.10 Å². The van der Waals surface area contributed by atoms with E-state index in [0.29, 0.717) is 5.56 Å². The van der Waals surface area contributed by atoms with Crippen molar-refractivity contribution in [2.75, 3.05) is 7.11 Å². The molecule has 104 valence electrons. The maximum absolute atomic E-state index is 11.7. The maximum Gasteiger partial charge on any atom is 0.289 e. The minimum Gasteiger partial charge on any atom is -0.497 e. The van der Waals surface area contributed by atoms with E-state index < -0.39 is 5.91 Å². The minimum atomic E-state index is -0.481. The summed E-state index contributed by atoms with van der Waals surface area (Å²) in [5.41, 5.74) is 3.31. The fraction of sp³-hybridized carbons (Fsp3) is 0.154. The number of H-pyrrole nitrogens is 2. The van der Waals surface area contributed by atoms with Crippen LogP contribution in [-0.2, 0) is 0 Å². The third-order valence-electron chi connectivity index (χ3n) is 2.74. The van der Waals surface area contributed by atoms with E-state index in [9.17, 15) is 9.59 Å². The Bertz CT molecular complexity index is 682. The molecule has 0 fully saturated rings. The number of carbonyl (C=O) groups excluding carboxylic acids is 1. The molecular formula is C13H14N4O3. The Morgan fingerprint density at radius 3 is 2.55 bits per heavy atom. The Morgan fingerprint density at radius 2 is 2.00 bits per heavy atom. The number of amides is 1. The molecule has 0 spiro atoms. The van der Waals surface area contributed by atoms with Gasteiger partial charge in [-0.25, -0.2) is 5.43 Å². The minimum absolute atomic E-state index is 0.168. The van der Waals surface area contributed by atoms with Gasteiger partial charge in [-0.05, 0) is 36.8 Å². The molecular weight excluding hydrogens is 260 g/mol. The average Bonchev–Trinajstić information content (AvgIpc) is 2.80. The molecule has 1 amide bonds. The van der Waals surface area contributed by atoms with Crippen molar-refractivity contribution in [2.45, 2.75) is 6.92 Å². The van der Waals surface area contributed by atoms with Crippen LogP contribution in [-0.4, -0.2) is 29.4 Å². The molecule has 0 unspecified atom stereocenters. The Balaban J connectivity index is 2.00. The first kappa shape index (κ1) is 13.6. The van der Waals surface area contributed by atoms with Gasteiger partial charge in [0.1, 0.15) is 11.4 Å². The predicted octanol–water partition coefficient (Wildman–Crippen LogP) is 0.784. The lowest BCUT2D eigenvalue weighted by molar-refractivity contribution is 0.0949. The summed E-state index contributed by atoms with van der Waals surface area (Å²) < 4.78 is 5.03. The monoisotopic (exact) mass is 274 g/mol. The number of methoxy groups -OCH3 is 1. The van der Waals surface area contributed by atoms with Gasteiger partial charge in [0, 0.05) is 5.56 Å². The van der Waals surface area contributed by atoms with Gasteiger partial charge in [-0.15, -0.1) is 0 Å². The normalized spacial score (nSPS) is 10.7. The maximum atomic E-state index is 11.7. The van der Waals surface area contributed by atoms with Crippen molar-refractivity contribution < 1.29 is 9.53 Å². The molecule has 1 heterocycles. The van der Waals surface area contributed by atoms with Gasteiger partial charge in [0.25, 0.3) is 11.5 Å². The van der Waals surface area contributed by atoms with Crippen molar-refractivity contribution in [1.29, 1.82) is 0 Å². The number of hydrogen-bond donors (Lipinski definition) is 3. The molecule has 0 atom stereocenters. The molecule has 7 nitrogen and oxygen atoms in total. The van der Waals surface area contributed by atoms with Crippen LogP contribution in [0.25, 0.3) is 0 Å². The zero-order valence-electron chi connectivity index (χ0n) is 11.1. The summed E-state index contributed by atoms with van der Waals surface area (Å²) in [7, 11) is 1.59. The summed E-state index contributed by atoms with van der Waals surface area (Å²) in [6, 6.07) is 7.18. The van der Waals surface area contributed by atoms with Gasteiger partial charge < -0.3 is 4.74 Å². The van der Waals surface area contributed by atoms with E-state index in [1.807, 2.05) is 0 Å². The van der Waals surface area contributed by atoms with E-state index in [1.54, 1.807) is 38.3 Å². The standard InChI is InChI=1S/C13H14N4O3/c1-8-11(15-17-12(8)18)13(19)16-14-7-9-3-5-10(20-2)6-4-9/h3-7H,1-2H3,(H,16,19)(H2,15,17,18). The lowest BCUT2D eigenvalue weighted by Crippen LogP contribution is -2.19. The number of benzene rings is 1. The van der Waals surface area contributed by atoms with Gasteiger partial charge in [-0.2, -0.15) is 5.10 Å². The fourth-order valence-corrected chi connectivity index (χ4v) is 1.56. The lowest BCUT2D eigenvalue weighted by Gasteiger charge is -1.99. The molecule has 20 heavy (non-hydrogen) atoms. The first-order chi connectivity index (χ1) is 9.61. The van der Waals surface area contributed by atoms with Gasteiger partial charge in [0.15, 0.2) is 0 Å². The molecule has 2 aromatic rings. The highest BCUT2D eigenvalue weighted by Crippen LogP contribution is 2.09. The number of nitrogens with one attached hydrogen (secondary N) is 3. The SMILES string of the molecule is COc1ccc(C=NNC(=O)c2[nH][nH]c(=O)c2C)cc1. The number of carbonyl (C=O) groups is 1. The molecule has 1 aromatic carbocycles. The van der Waals surface area contributed by atoms with Crippen LogP contribution in [0.5, 0.6) is 5.75 Å². The molecule has 0 aliphatic rings. The van der Waals surface area contributed by atoms with Crippen LogP contribution in [0, 0.1) is 6.92 Å². The molecule has 1 aromatic heterocycles. The van der Waals surface area contributed by atoms with Gasteiger partial charge in [0.05, 0.1) is 13.3 Å². The van der Waals surface area contributed by atoms with E-state index in [0.717, 1.165) is 11.3 Å². The van der Waals surface area contributed by atoms with E-state index in [2.05, 4.69) is 20.7 Å². The van der Waals surface area contributed by atoms with Crippen LogP contribution in [0.3, 0.4) is 0 Å². The van der Waals surface area contributed by atoms with Crippen molar-refractivity contribution >= 4 is 12.1 Å². The molecule has 0 saturated carbocycles. The summed E-state index contributed by atoms with van der Waals surface area (Å²) in [5.74, 6) is 0.261. The predicted molar refractivity (Wildman–Crippen MR) is 74.2 cm³/mol. The summed E-state index contributed by atoms with van der Waals surface area (Å²) >= 11 is 0. The zero-order valence-corrected chi connectivity index (χ0v) is 11.1. The lowest BCUT2D eigenvalue weighted by atomic mass is 10.2. The van der Waals surface area contributed by atoms with Gasteiger partial charge >= 0.3 is 0 Å². The number of aromatic amines is 2. The zero-order chi connectivity index (χ0) is 14.5. The molecule has 0 bridgehead atoms. The topological polar surface area (TPSA) is 99.3 Å². The van der Waals surface area contributed by atoms with Crippen molar-refractivity contribution in [3.8, 4) is 5.75 Å². The van der Waals surface area contributed by atoms with Crippen molar-refractivity contribution in [3.63, 3.8) is 0 Å². The summed E-state index contributed by atoms with van der Waals surface area (Å²) in [5, 5.41) is 8.65. The second-order valence-corrected chi connectivity index (χ2v) is 4.05. The molecule has 0 radical (unpaired) electrons. The van der Waals surface area contributed by atoms with Crippen LogP contribution < -0.4 is 15.7 Å². The Labute approximate surface area is 114 Å². The third kappa shape index (κ3) is 2.94. The van der Waals surface area contributed by atoms with Crippen LogP contribution in [0.1, 0.15) is 21.6 Å². The third-order valence-corrected chi connectivity index (χ3v) is 2.74. The largest absolute Gasteiger partial charge is 0.497 e. The summed E-state index contributed by atoms with van der Waals surface area (Å²) in [4.78, 5) is 22.9. The van der Waals surface area contributed by atoms with Gasteiger partial charge in [0.2, 0.25) is 0 Å². The number of ether oxygens (including phenoxy) is 1. The number of hydrogen-bond acceptors (Lipinski definition) is 4. The second kappa shape index (κ2) is 5.87. The fourth-order valence-electron chi connectivity index (χ4n) is 1.56. The van der Waals surface area contributed by atoms with Gasteiger partial charge in [-0.3, -0.25) is 19.8 Å². The van der Waals surface area contributed by atoms with Crippen molar-refractivity contribution in [3.05, 3.63) is 51.4 Å². The number of hydrazone groups is 1. The van der Waals surface area contributed by atoms with E-state index in [1.165, 1.54) is 6.21 Å². The highest BCUT2D eigenvalue weighted by Gasteiger charge is 2.12. The highest BCUT2D eigenvalue weighted by molar-refractivity contribution is 5.94. The van der Waals surface area contributed by atoms with E-state index in [4.69, 9.17) is 4.74 Å². The number of aromatic nitrogens is 2. The quantitative estimate of drug-likeness (QED) is 0.567. The van der Waals surface area contributed by atoms with Crippen LogP contribution in [0.4, 0.5) is 0 Å². The van der Waals surface area contributed by atoms with Crippen LogP contribution in [0.15, 0.2) is 34.2 Å². The number of nitrogens with zero attached hydrogens (tertiary/aromatic N) is 1. The highest BCUT2D eigenvalue weighted by atomic mass is 16.5. The first-order valence-electron chi connectivity index (χ1n) is 5.86. The molecule has 0 aliphatic carbocycles. The van der Waals surface area contributed by atoms with E-state index in [-0.39, 0.29) is 11.3 Å². The molecule has 3 N–H and O–H groups in total. The Morgan fingerprint density at radius 1 is 1.30 bits per heavy atom.